The van der Waals surface area contributed by atoms with Gasteiger partial charge in [0, 0.05) is 16.9 Å². The second-order valence-electron chi connectivity index (χ2n) is 6.17. The molecule has 0 bridgehead atoms. The van der Waals surface area contributed by atoms with Gasteiger partial charge in [-0.1, -0.05) is 44.5 Å². The van der Waals surface area contributed by atoms with E-state index in [0.717, 1.165) is 29.5 Å². The summed E-state index contributed by atoms with van der Waals surface area (Å²) in [6.45, 7) is 6.87. The van der Waals surface area contributed by atoms with Crippen LogP contribution in [-0.2, 0) is 24.8 Å². The number of aliphatic hydroxyl groups is 1. The number of nitrogens with zero attached hydrogens (tertiary/aromatic N) is 3. The summed E-state index contributed by atoms with van der Waals surface area (Å²) in [5, 5.41) is 14.4. The molecular weight excluding hydrogens is 286 g/mol. The standard InChI is InChI=1S/C16H22ClN3O/c1-16(2,3)15-18-14(19-20(15)10-11-21)9-6-12-4-7-13(17)8-5-12/h4-5,7-8,21H,6,9-11H2,1-3H3. The Balaban J connectivity index is 2.11. The Labute approximate surface area is 130 Å². The molecule has 0 aliphatic carbocycles. The fourth-order valence-electron chi connectivity index (χ4n) is 2.21. The molecule has 0 fully saturated rings. The summed E-state index contributed by atoms with van der Waals surface area (Å²) in [6, 6.07) is 7.85. The number of hydrogen-bond donors (Lipinski definition) is 1. The lowest BCUT2D eigenvalue weighted by atomic mass is 9.96. The smallest absolute Gasteiger partial charge is 0.151 e. The Hall–Kier alpha value is -1.39. The monoisotopic (exact) mass is 307 g/mol. The van der Waals surface area contributed by atoms with Crippen molar-refractivity contribution in [2.45, 2.75) is 45.6 Å². The minimum atomic E-state index is -0.0826. The lowest BCUT2D eigenvalue weighted by molar-refractivity contribution is 0.263. The molecule has 0 aliphatic rings. The summed E-state index contributed by atoms with van der Waals surface area (Å²) < 4.78 is 1.82. The van der Waals surface area contributed by atoms with Crippen molar-refractivity contribution in [2.75, 3.05) is 6.61 Å². The van der Waals surface area contributed by atoms with E-state index in [9.17, 15) is 0 Å². The molecule has 2 aromatic rings. The maximum Gasteiger partial charge on any atom is 0.151 e. The van der Waals surface area contributed by atoms with Gasteiger partial charge in [-0.15, -0.1) is 0 Å². The number of aryl methyl sites for hydroxylation is 2. The second kappa shape index (κ2) is 6.58. The van der Waals surface area contributed by atoms with Crippen LogP contribution >= 0.6 is 11.6 Å². The van der Waals surface area contributed by atoms with Crippen LogP contribution in [0, 0.1) is 0 Å². The molecule has 1 aromatic carbocycles. The maximum absolute atomic E-state index is 9.15. The van der Waals surface area contributed by atoms with E-state index in [1.807, 2.05) is 28.9 Å². The molecule has 0 aliphatic heterocycles. The molecule has 21 heavy (non-hydrogen) atoms. The predicted octanol–water partition coefficient (Wildman–Crippen LogP) is 3.01. The fraction of sp³-hybridized carbons (Fsp3) is 0.500. The van der Waals surface area contributed by atoms with E-state index in [-0.39, 0.29) is 12.0 Å². The third kappa shape index (κ3) is 4.29. The van der Waals surface area contributed by atoms with Crippen LogP contribution in [-0.4, -0.2) is 26.5 Å². The molecule has 0 spiro atoms. The molecule has 1 aromatic heterocycles. The van der Waals surface area contributed by atoms with Crippen LogP contribution in [0.4, 0.5) is 0 Å². The zero-order chi connectivity index (χ0) is 15.5. The minimum Gasteiger partial charge on any atom is -0.394 e. The average Bonchev–Trinajstić information content (AvgIpc) is 2.82. The van der Waals surface area contributed by atoms with Crippen molar-refractivity contribution in [2.24, 2.45) is 0 Å². The molecule has 114 valence electrons. The van der Waals surface area contributed by atoms with E-state index < -0.39 is 0 Å². The summed E-state index contributed by atoms with van der Waals surface area (Å²) in [6.07, 6.45) is 1.66. The Bertz CT molecular complexity index is 585. The predicted molar refractivity (Wildman–Crippen MR) is 84.7 cm³/mol. The van der Waals surface area contributed by atoms with Crippen molar-refractivity contribution in [3.8, 4) is 0 Å². The molecule has 1 N–H and O–H groups in total. The molecule has 1 heterocycles. The molecule has 0 amide bonds. The normalized spacial score (nSPS) is 11.9. The van der Waals surface area contributed by atoms with E-state index in [1.165, 1.54) is 5.56 Å². The fourth-order valence-corrected chi connectivity index (χ4v) is 2.33. The van der Waals surface area contributed by atoms with E-state index in [1.54, 1.807) is 0 Å². The number of hydrogen-bond acceptors (Lipinski definition) is 3. The van der Waals surface area contributed by atoms with Crippen molar-refractivity contribution < 1.29 is 5.11 Å². The maximum atomic E-state index is 9.15. The van der Waals surface area contributed by atoms with E-state index >= 15 is 0 Å². The van der Waals surface area contributed by atoms with Gasteiger partial charge in [0.15, 0.2) is 5.82 Å². The number of rotatable bonds is 5. The first-order valence-corrected chi connectivity index (χ1v) is 7.57. The highest BCUT2D eigenvalue weighted by Crippen LogP contribution is 2.20. The first-order chi connectivity index (χ1) is 9.90. The van der Waals surface area contributed by atoms with Gasteiger partial charge in [0.05, 0.1) is 13.2 Å². The summed E-state index contributed by atoms with van der Waals surface area (Å²) >= 11 is 5.89. The Morgan fingerprint density at radius 3 is 2.38 bits per heavy atom. The van der Waals surface area contributed by atoms with Gasteiger partial charge in [-0.05, 0) is 24.1 Å². The van der Waals surface area contributed by atoms with Crippen LogP contribution in [0.3, 0.4) is 0 Å². The Morgan fingerprint density at radius 2 is 1.81 bits per heavy atom. The van der Waals surface area contributed by atoms with Gasteiger partial charge in [-0.25, -0.2) is 9.67 Å². The summed E-state index contributed by atoms with van der Waals surface area (Å²) in [5.74, 6) is 1.74. The van der Waals surface area contributed by atoms with Crippen LogP contribution in [0.5, 0.6) is 0 Å². The van der Waals surface area contributed by atoms with Crippen molar-refractivity contribution in [3.05, 3.63) is 46.5 Å². The number of aromatic nitrogens is 3. The average molecular weight is 308 g/mol. The van der Waals surface area contributed by atoms with Crippen LogP contribution in [0.25, 0.3) is 0 Å². The second-order valence-corrected chi connectivity index (χ2v) is 6.61. The molecule has 0 unspecified atom stereocenters. The third-order valence-corrected chi connectivity index (χ3v) is 3.50. The highest BCUT2D eigenvalue weighted by atomic mass is 35.5. The summed E-state index contributed by atoms with van der Waals surface area (Å²) in [4.78, 5) is 4.65. The zero-order valence-corrected chi connectivity index (χ0v) is 13.6. The summed E-state index contributed by atoms with van der Waals surface area (Å²) in [7, 11) is 0. The third-order valence-electron chi connectivity index (χ3n) is 3.25. The van der Waals surface area contributed by atoms with Crippen molar-refractivity contribution in [3.63, 3.8) is 0 Å². The largest absolute Gasteiger partial charge is 0.394 e. The van der Waals surface area contributed by atoms with Gasteiger partial charge < -0.3 is 5.11 Å². The molecule has 0 radical (unpaired) electrons. The first-order valence-electron chi connectivity index (χ1n) is 7.19. The molecule has 0 saturated carbocycles. The highest BCUT2D eigenvalue weighted by molar-refractivity contribution is 6.30. The molecule has 0 atom stereocenters. The van der Waals surface area contributed by atoms with Crippen LogP contribution in [0.1, 0.15) is 38.0 Å². The number of aliphatic hydroxyl groups excluding tert-OH is 1. The van der Waals surface area contributed by atoms with Crippen molar-refractivity contribution in [1.82, 2.24) is 14.8 Å². The van der Waals surface area contributed by atoms with Crippen LogP contribution < -0.4 is 0 Å². The quantitative estimate of drug-likeness (QED) is 0.924. The van der Waals surface area contributed by atoms with Gasteiger partial charge in [0.1, 0.15) is 5.82 Å². The van der Waals surface area contributed by atoms with Gasteiger partial charge in [-0.3, -0.25) is 0 Å². The summed E-state index contributed by atoms with van der Waals surface area (Å²) in [5.41, 5.74) is 1.14. The topological polar surface area (TPSA) is 50.9 Å². The van der Waals surface area contributed by atoms with Gasteiger partial charge >= 0.3 is 0 Å². The number of halogens is 1. The van der Waals surface area contributed by atoms with E-state index in [0.29, 0.717) is 6.54 Å². The molecule has 0 saturated heterocycles. The Kier molecular flexibility index (Phi) is 5.01. The first kappa shape index (κ1) is 16.0. The van der Waals surface area contributed by atoms with Gasteiger partial charge in [0.2, 0.25) is 0 Å². The highest BCUT2D eigenvalue weighted by Gasteiger charge is 2.22. The van der Waals surface area contributed by atoms with Gasteiger partial charge in [-0.2, -0.15) is 5.10 Å². The zero-order valence-electron chi connectivity index (χ0n) is 12.8. The minimum absolute atomic E-state index is 0.0725. The number of benzene rings is 1. The Morgan fingerprint density at radius 1 is 1.14 bits per heavy atom. The molecule has 4 nitrogen and oxygen atoms in total. The SMILES string of the molecule is CC(C)(C)c1nc(CCc2ccc(Cl)cc2)nn1CCO. The lowest BCUT2D eigenvalue weighted by Gasteiger charge is -2.17. The van der Waals surface area contributed by atoms with Crippen molar-refractivity contribution >= 4 is 11.6 Å². The van der Waals surface area contributed by atoms with Crippen molar-refractivity contribution in [1.29, 1.82) is 0 Å². The van der Waals surface area contributed by atoms with E-state index in [4.69, 9.17) is 16.7 Å². The molecular formula is C16H22ClN3O. The lowest BCUT2D eigenvalue weighted by Crippen LogP contribution is -2.20. The van der Waals surface area contributed by atoms with Gasteiger partial charge in [0.25, 0.3) is 0 Å². The molecule has 2 rings (SSSR count). The van der Waals surface area contributed by atoms with E-state index in [2.05, 4.69) is 30.9 Å². The van der Waals surface area contributed by atoms with Crippen LogP contribution in [0.2, 0.25) is 5.02 Å². The molecule has 5 heteroatoms. The van der Waals surface area contributed by atoms with Crippen LogP contribution in [0.15, 0.2) is 24.3 Å².